The summed E-state index contributed by atoms with van der Waals surface area (Å²) in [5, 5.41) is 4.65. The van der Waals surface area contributed by atoms with E-state index < -0.39 is 0 Å². The first-order valence-electron chi connectivity index (χ1n) is 8.12. The minimum absolute atomic E-state index is 0.386. The highest BCUT2D eigenvalue weighted by atomic mass is 15.4. The molecular weight excluding hydrogens is 262 g/mol. The molecule has 1 unspecified atom stereocenters. The Bertz CT molecular complexity index is 649. The number of fused-ring (bicyclic) bond motifs is 1. The van der Waals surface area contributed by atoms with Crippen molar-refractivity contribution in [1.82, 2.24) is 19.3 Å². The summed E-state index contributed by atoms with van der Waals surface area (Å²) in [6.07, 6.45) is 6.95. The molecular formula is C16H27N5. The van der Waals surface area contributed by atoms with Crippen molar-refractivity contribution in [3.63, 3.8) is 0 Å². The maximum Gasteiger partial charge on any atom is 0.202 e. The van der Waals surface area contributed by atoms with Gasteiger partial charge in [-0.25, -0.2) is 4.98 Å². The van der Waals surface area contributed by atoms with Crippen LogP contribution in [0, 0.1) is 5.41 Å². The summed E-state index contributed by atoms with van der Waals surface area (Å²) in [6, 6.07) is 0.448. The van der Waals surface area contributed by atoms with Crippen molar-refractivity contribution < 1.29 is 0 Å². The molecule has 1 aliphatic carbocycles. The van der Waals surface area contributed by atoms with Gasteiger partial charge < -0.3 is 5.73 Å². The van der Waals surface area contributed by atoms with Crippen molar-refractivity contribution in [2.24, 2.45) is 12.5 Å². The second kappa shape index (κ2) is 5.04. The SMILES string of the molecule is CCCc1nn(C)c2c1nc(N)n2C1CCCC(C)(C)C1. The first-order valence-corrected chi connectivity index (χ1v) is 8.12. The summed E-state index contributed by atoms with van der Waals surface area (Å²) in [5.74, 6) is 0.651. The van der Waals surface area contributed by atoms with Gasteiger partial charge in [0.1, 0.15) is 5.52 Å². The molecule has 3 rings (SSSR count). The van der Waals surface area contributed by atoms with E-state index in [1.54, 1.807) is 0 Å². The summed E-state index contributed by atoms with van der Waals surface area (Å²) in [5.41, 5.74) is 9.82. The van der Waals surface area contributed by atoms with Gasteiger partial charge in [-0.1, -0.05) is 33.6 Å². The van der Waals surface area contributed by atoms with E-state index in [0.29, 0.717) is 17.4 Å². The Morgan fingerprint density at radius 3 is 2.81 bits per heavy atom. The number of imidazole rings is 1. The molecule has 1 atom stereocenters. The molecule has 2 aromatic heterocycles. The summed E-state index contributed by atoms with van der Waals surface area (Å²) < 4.78 is 4.20. The van der Waals surface area contributed by atoms with Crippen LogP contribution in [-0.2, 0) is 13.5 Å². The smallest absolute Gasteiger partial charge is 0.202 e. The number of nitrogens with two attached hydrogens (primary N) is 1. The molecule has 1 fully saturated rings. The second-order valence-electron chi connectivity index (χ2n) is 7.25. The molecule has 2 N–H and O–H groups in total. The van der Waals surface area contributed by atoms with Crippen LogP contribution in [0.2, 0.25) is 0 Å². The average molecular weight is 289 g/mol. The number of hydrogen-bond donors (Lipinski definition) is 1. The highest BCUT2D eigenvalue weighted by Crippen LogP contribution is 2.43. The number of hydrogen-bond acceptors (Lipinski definition) is 3. The fourth-order valence-electron chi connectivity index (χ4n) is 3.86. The topological polar surface area (TPSA) is 61.7 Å². The minimum atomic E-state index is 0.386. The highest BCUT2D eigenvalue weighted by molar-refractivity contribution is 5.78. The molecule has 0 bridgehead atoms. The molecule has 0 aromatic carbocycles. The van der Waals surface area contributed by atoms with Crippen molar-refractivity contribution in [1.29, 1.82) is 0 Å². The number of anilines is 1. The number of aryl methyl sites for hydroxylation is 2. The number of nitrogen functional groups attached to an aromatic ring is 1. The van der Waals surface area contributed by atoms with E-state index in [1.807, 2.05) is 11.7 Å². The van der Waals surface area contributed by atoms with Crippen molar-refractivity contribution in [3.05, 3.63) is 5.69 Å². The molecule has 0 amide bonds. The summed E-state index contributed by atoms with van der Waals surface area (Å²) >= 11 is 0. The lowest BCUT2D eigenvalue weighted by molar-refractivity contribution is 0.186. The first kappa shape index (κ1) is 14.4. The molecule has 1 aliphatic rings. The zero-order valence-electron chi connectivity index (χ0n) is 13.7. The molecule has 5 nitrogen and oxygen atoms in total. The Morgan fingerprint density at radius 2 is 2.14 bits per heavy atom. The standard InChI is InChI=1S/C16H27N5/c1-5-7-12-13-14(20(4)19-12)21(15(17)18-13)11-8-6-9-16(2,3)10-11/h11H,5-10H2,1-4H3,(H2,17,18). The lowest BCUT2D eigenvalue weighted by Crippen LogP contribution is -2.26. The van der Waals surface area contributed by atoms with Gasteiger partial charge in [0.2, 0.25) is 5.95 Å². The molecule has 0 saturated heterocycles. The van der Waals surface area contributed by atoms with Gasteiger partial charge in [-0.3, -0.25) is 9.25 Å². The van der Waals surface area contributed by atoms with Gasteiger partial charge in [0.05, 0.1) is 5.69 Å². The molecule has 0 radical (unpaired) electrons. The first-order chi connectivity index (χ1) is 9.93. The normalized spacial score (nSPS) is 22.0. The molecule has 1 saturated carbocycles. The fourth-order valence-corrected chi connectivity index (χ4v) is 3.86. The van der Waals surface area contributed by atoms with Gasteiger partial charge in [0.25, 0.3) is 0 Å². The minimum Gasteiger partial charge on any atom is -0.369 e. The largest absolute Gasteiger partial charge is 0.369 e. The van der Waals surface area contributed by atoms with Crippen LogP contribution in [0.3, 0.4) is 0 Å². The number of aromatic nitrogens is 4. The lowest BCUT2D eigenvalue weighted by Gasteiger charge is -2.36. The fraction of sp³-hybridized carbons (Fsp3) is 0.750. The maximum absolute atomic E-state index is 6.26. The van der Waals surface area contributed by atoms with Crippen molar-refractivity contribution in [2.45, 2.75) is 65.3 Å². The van der Waals surface area contributed by atoms with E-state index in [1.165, 1.54) is 19.3 Å². The van der Waals surface area contributed by atoms with E-state index in [4.69, 9.17) is 5.73 Å². The van der Waals surface area contributed by atoms with Crippen LogP contribution >= 0.6 is 0 Å². The van der Waals surface area contributed by atoms with E-state index in [2.05, 4.69) is 35.4 Å². The number of nitrogens with zero attached hydrogens (tertiary/aromatic N) is 4. The van der Waals surface area contributed by atoms with Crippen LogP contribution in [0.5, 0.6) is 0 Å². The molecule has 5 heteroatoms. The van der Waals surface area contributed by atoms with Crippen molar-refractivity contribution >= 4 is 17.1 Å². The van der Waals surface area contributed by atoms with Crippen LogP contribution < -0.4 is 5.73 Å². The zero-order valence-corrected chi connectivity index (χ0v) is 13.7. The van der Waals surface area contributed by atoms with Gasteiger partial charge in [-0.15, -0.1) is 0 Å². The summed E-state index contributed by atoms with van der Waals surface area (Å²) in [6.45, 7) is 6.88. The van der Waals surface area contributed by atoms with Gasteiger partial charge >= 0.3 is 0 Å². The molecule has 0 spiro atoms. The predicted molar refractivity (Wildman–Crippen MR) is 86.2 cm³/mol. The van der Waals surface area contributed by atoms with E-state index >= 15 is 0 Å². The molecule has 2 aromatic rings. The van der Waals surface area contributed by atoms with Crippen molar-refractivity contribution in [3.8, 4) is 0 Å². The quantitative estimate of drug-likeness (QED) is 0.941. The Morgan fingerprint density at radius 1 is 1.38 bits per heavy atom. The highest BCUT2D eigenvalue weighted by Gasteiger charge is 2.32. The predicted octanol–water partition coefficient (Wildman–Crippen LogP) is 3.45. The van der Waals surface area contributed by atoms with E-state index in [9.17, 15) is 0 Å². The summed E-state index contributed by atoms with van der Waals surface area (Å²) in [4.78, 5) is 4.63. The van der Waals surface area contributed by atoms with Gasteiger partial charge in [0.15, 0.2) is 5.65 Å². The van der Waals surface area contributed by atoms with Gasteiger partial charge in [-0.05, 0) is 31.1 Å². The Balaban J connectivity index is 2.08. The maximum atomic E-state index is 6.26. The summed E-state index contributed by atoms with van der Waals surface area (Å²) in [7, 11) is 2.01. The average Bonchev–Trinajstić information content (AvgIpc) is 2.87. The monoisotopic (exact) mass is 289 g/mol. The van der Waals surface area contributed by atoms with Crippen LogP contribution in [-0.4, -0.2) is 19.3 Å². The Labute approximate surface area is 126 Å². The molecule has 0 aliphatic heterocycles. The third-order valence-electron chi connectivity index (χ3n) is 4.79. The van der Waals surface area contributed by atoms with Crippen LogP contribution in [0.1, 0.15) is 64.6 Å². The molecule has 2 heterocycles. The van der Waals surface area contributed by atoms with Crippen LogP contribution in [0.25, 0.3) is 11.2 Å². The molecule has 116 valence electrons. The van der Waals surface area contributed by atoms with Gasteiger partial charge in [0, 0.05) is 13.1 Å². The van der Waals surface area contributed by atoms with Crippen molar-refractivity contribution in [2.75, 3.05) is 5.73 Å². The molecule has 21 heavy (non-hydrogen) atoms. The number of rotatable bonds is 3. The lowest BCUT2D eigenvalue weighted by atomic mass is 9.75. The Hall–Kier alpha value is -1.52. The van der Waals surface area contributed by atoms with E-state index in [0.717, 1.165) is 36.1 Å². The third kappa shape index (κ3) is 2.43. The Kier molecular flexibility index (Phi) is 3.46. The van der Waals surface area contributed by atoms with Gasteiger partial charge in [-0.2, -0.15) is 5.10 Å². The van der Waals surface area contributed by atoms with Crippen LogP contribution in [0.15, 0.2) is 0 Å². The van der Waals surface area contributed by atoms with E-state index in [-0.39, 0.29) is 0 Å². The zero-order chi connectivity index (χ0) is 15.2. The third-order valence-corrected chi connectivity index (χ3v) is 4.79. The van der Waals surface area contributed by atoms with Crippen LogP contribution in [0.4, 0.5) is 5.95 Å². The second-order valence-corrected chi connectivity index (χ2v) is 7.25.